The van der Waals surface area contributed by atoms with E-state index in [0.717, 1.165) is 11.5 Å². The number of hydrogen-bond donors (Lipinski definition) is 1. The molecule has 0 bridgehead atoms. The van der Waals surface area contributed by atoms with Gasteiger partial charge in [-0.1, -0.05) is 0 Å². The van der Waals surface area contributed by atoms with Crippen LogP contribution in [0.25, 0.3) is 0 Å². The van der Waals surface area contributed by atoms with Crippen LogP contribution in [0.2, 0.25) is 0 Å². The van der Waals surface area contributed by atoms with Gasteiger partial charge in [0.25, 0.3) is 0 Å². The van der Waals surface area contributed by atoms with Crippen molar-refractivity contribution in [2.75, 3.05) is 0 Å². The maximum absolute atomic E-state index is 10.6. The van der Waals surface area contributed by atoms with Gasteiger partial charge in [-0.05, 0) is 11.5 Å². The largest absolute Gasteiger partial charge is 0.324 e. The number of nitrogens with zero attached hydrogens (tertiary/aromatic N) is 2. The minimum absolute atomic E-state index is 0.0581. The van der Waals surface area contributed by atoms with E-state index in [1.807, 2.05) is 0 Å². The number of Topliss-reactive ketones (excluding diaryl/α,β-unsaturated/α-hetero) is 1. The molecule has 0 amide bonds. The van der Waals surface area contributed by atoms with Crippen LogP contribution >= 0.6 is 11.5 Å². The van der Waals surface area contributed by atoms with E-state index in [2.05, 4.69) is 9.36 Å². The Morgan fingerprint density at radius 2 is 2.50 bits per heavy atom. The summed E-state index contributed by atoms with van der Waals surface area (Å²) < 4.78 is 3.84. The van der Waals surface area contributed by atoms with Gasteiger partial charge in [-0.25, -0.2) is 4.98 Å². The molecule has 0 aromatic carbocycles. The van der Waals surface area contributed by atoms with Crippen molar-refractivity contribution in [2.45, 2.75) is 13.5 Å². The maximum Gasteiger partial charge on any atom is 0.189 e. The predicted octanol–water partition coefficient (Wildman–Crippen LogP) is 0.199. The van der Waals surface area contributed by atoms with E-state index in [1.54, 1.807) is 0 Å². The Bertz CT molecular complexity index is 245. The van der Waals surface area contributed by atoms with Gasteiger partial charge < -0.3 is 5.73 Å². The van der Waals surface area contributed by atoms with Gasteiger partial charge in [-0.3, -0.25) is 4.79 Å². The quantitative estimate of drug-likeness (QED) is 0.622. The minimum Gasteiger partial charge on any atom is -0.324 e. The molecule has 0 radical (unpaired) electrons. The Morgan fingerprint density at radius 3 is 2.80 bits per heavy atom. The molecule has 0 aliphatic heterocycles. The molecule has 5 heteroatoms. The van der Waals surface area contributed by atoms with Gasteiger partial charge in [0.2, 0.25) is 0 Å². The zero-order chi connectivity index (χ0) is 7.56. The van der Waals surface area contributed by atoms with Crippen LogP contribution in [-0.4, -0.2) is 15.1 Å². The van der Waals surface area contributed by atoms with Crippen LogP contribution in [0.15, 0.2) is 0 Å². The normalized spacial score (nSPS) is 9.80. The van der Waals surface area contributed by atoms with Gasteiger partial charge in [0.15, 0.2) is 16.6 Å². The Labute approximate surface area is 62.2 Å². The average Bonchev–Trinajstić information content (AvgIpc) is 2.34. The highest BCUT2D eigenvalue weighted by Crippen LogP contribution is 2.03. The second-order valence-electron chi connectivity index (χ2n) is 1.78. The molecule has 1 heterocycles. The fraction of sp³-hybridized carbons (Fsp3) is 0.400. The average molecular weight is 157 g/mol. The molecule has 1 rings (SSSR count). The standard InChI is InChI=1S/C5H7N3OS/c1-3(9)5-7-4(2-6)8-10-5/h2,6H2,1H3. The SMILES string of the molecule is CC(=O)c1nc(CN)ns1. The lowest BCUT2D eigenvalue weighted by atomic mass is 10.5. The number of carbonyl (C=O) groups is 1. The topological polar surface area (TPSA) is 68.9 Å². The number of carbonyl (C=O) groups excluding carboxylic acids is 1. The fourth-order valence-corrected chi connectivity index (χ4v) is 1.06. The van der Waals surface area contributed by atoms with Gasteiger partial charge >= 0.3 is 0 Å². The van der Waals surface area contributed by atoms with E-state index in [0.29, 0.717) is 17.4 Å². The number of ketones is 1. The monoisotopic (exact) mass is 157 g/mol. The summed E-state index contributed by atoms with van der Waals surface area (Å²) in [5, 5.41) is 0.431. The molecule has 0 aliphatic rings. The van der Waals surface area contributed by atoms with Crippen molar-refractivity contribution in [3.05, 3.63) is 10.8 Å². The van der Waals surface area contributed by atoms with E-state index < -0.39 is 0 Å². The molecule has 1 aromatic rings. The Balaban J connectivity index is 2.88. The van der Waals surface area contributed by atoms with Crippen LogP contribution in [0.4, 0.5) is 0 Å². The molecule has 1 aromatic heterocycles. The minimum atomic E-state index is -0.0581. The van der Waals surface area contributed by atoms with Crippen molar-refractivity contribution in [1.29, 1.82) is 0 Å². The Kier molecular flexibility index (Phi) is 2.08. The van der Waals surface area contributed by atoms with Crippen molar-refractivity contribution in [3.8, 4) is 0 Å². The second kappa shape index (κ2) is 2.85. The third-order valence-corrected chi connectivity index (χ3v) is 1.81. The first kappa shape index (κ1) is 7.30. The fourth-order valence-electron chi connectivity index (χ4n) is 0.480. The zero-order valence-corrected chi connectivity index (χ0v) is 6.31. The van der Waals surface area contributed by atoms with Gasteiger partial charge in [-0.2, -0.15) is 4.37 Å². The van der Waals surface area contributed by atoms with Crippen molar-refractivity contribution in [3.63, 3.8) is 0 Å². The van der Waals surface area contributed by atoms with E-state index in [9.17, 15) is 4.79 Å². The molecule has 0 fully saturated rings. The van der Waals surface area contributed by atoms with Crippen molar-refractivity contribution < 1.29 is 4.79 Å². The molecule has 0 spiro atoms. The molecule has 0 aliphatic carbocycles. The summed E-state index contributed by atoms with van der Waals surface area (Å²) in [7, 11) is 0. The van der Waals surface area contributed by atoms with E-state index in [-0.39, 0.29) is 5.78 Å². The van der Waals surface area contributed by atoms with Gasteiger partial charge in [0.1, 0.15) is 0 Å². The second-order valence-corrected chi connectivity index (χ2v) is 2.53. The van der Waals surface area contributed by atoms with Crippen LogP contribution in [0.3, 0.4) is 0 Å². The van der Waals surface area contributed by atoms with E-state index >= 15 is 0 Å². The third kappa shape index (κ3) is 1.37. The lowest BCUT2D eigenvalue weighted by molar-refractivity contribution is 0.101. The number of nitrogens with two attached hydrogens (primary N) is 1. The highest BCUT2D eigenvalue weighted by Gasteiger charge is 2.05. The molecule has 0 unspecified atom stereocenters. The Morgan fingerprint density at radius 1 is 1.80 bits per heavy atom. The lowest BCUT2D eigenvalue weighted by Gasteiger charge is -1.80. The van der Waals surface area contributed by atoms with E-state index in [4.69, 9.17) is 5.73 Å². The molecule has 54 valence electrons. The number of rotatable bonds is 2. The van der Waals surface area contributed by atoms with Crippen LogP contribution in [0, 0.1) is 0 Å². The van der Waals surface area contributed by atoms with Crippen LogP contribution in [0.1, 0.15) is 22.6 Å². The van der Waals surface area contributed by atoms with Gasteiger partial charge in [0, 0.05) is 6.92 Å². The summed E-state index contributed by atoms with van der Waals surface area (Å²) in [5.41, 5.74) is 5.23. The molecule has 0 saturated carbocycles. The highest BCUT2D eigenvalue weighted by molar-refractivity contribution is 7.07. The van der Waals surface area contributed by atoms with Crippen molar-refractivity contribution in [1.82, 2.24) is 9.36 Å². The molecule has 0 saturated heterocycles. The summed E-state index contributed by atoms with van der Waals surface area (Å²) in [5.74, 6) is 0.479. The lowest BCUT2D eigenvalue weighted by Crippen LogP contribution is -1.99. The first-order valence-electron chi connectivity index (χ1n) is 2.77. The summed E-state index contributed by atoms with van der Waals surface area (Å²) in [6.07, 6.45) is 0. The molecule has 4 nitrogen and oxygen atoms in total. The predicted molar refractivity (Wildman–Crippen MR) is 37.8 cm³/mol. The van der Waals surface area contributed by atoms with Crippen LogP contribution in [-0.2, 0) is 6.54 Å². The maximum atomic E-state index is 10.6. The molecule has 2 N–H and O–H groups in total. The smallest absolute Gasteiger partial charge is 0.189 e. The molecular weight excluding hydrogens is 150 g/mol. The molecule has 0 atom stereocenters. The van der Waals surface area contributed by atoms with Gasteiger partial charge in [0.05, 0.1) is 6.54 Å². The number of hydrogen-bond acceptors (Lipinski definition) is 5. The molecule has 10 heavy (non-hydrogen) atoms. The van der Waals surface area contributed by atoms with E-state index in [1.165, 1.54) is 6.92 Å². The first-order chi connectivity index (χ1) is 4.74. The Hall–Kier alpha value is -0.810. The summed E-state index contributed by atoms with van der Waals surface area (Å²) in [6, 6.07) is 0. The zero-order valence-electron chi connectivity index (χ0n) is 5.50. The highest BCUT2D eigenvalue weighted by atomic mass is 32.1. The number of aromatic nitrogens is 2. The summed E-state index contributed by atoms with van der Waals surface area (Å²) in [4.78, 5) is 14.5. The summed E-state index contributed by atoms with van der Waals surface area (Å²) in [6.45, 7) is 1.75. The summed E-state index contributed by atoms with van der Waals surface area (Å²) >= 11 is 1.09. The molecular formula is C5H7N3OS. The third-order valence-electron chi connectivity index (χ3n) is 0.952. The van der Waals surface area contributed by atoms with Crippen LogP contribution < -0.4 is 5.73 Å². The van der Waals surface area contributed by atoms with Crippen molar-refractivity contribution in [2.24, 2.45) is 5.73 Å². The first-order valence-corrected chi connectivity index (χ1v) is 3.55. The van der Waals surface area contributed by atoms with Crippen LogP contribution in [0.5, 0.6) is 0 Å². The van der Waals surface area contributed by atoms with Gasteiger partial charge in [-0.15, -0.1) is 0 Å². The van der Waals surface area contributed by atoms with Crippen molar-refractivity contribution >= 4 is 17.3 Å².